The van der Waals surface area contributed by atoms with Gasteiger partial charge in [-0.25, -0.2) is 0 Å². The first-order chi connectivity index (χ1) is 16.1. The fourth-order valence-corrected chi connectivity index (χ4v) is 3.15. The summed E-state index contributed by atoms with van der Waals surface area (Å²) >= 11 is 0. The lowest BCUT2D eigenvalue weighted by Gasteiger charge is -2.21. The lowest BCUT2D eigenvalue weighted by atomic mass is 10.1. The zero-order valence-corrected chi connectivity index (χ0v) is 19.2. The summed E-state index contributed by atoms with van der Waals surface area (Å²) in [4.78, 5) is 37.5. The van der Waals surface area contributed by atoms with E-state index >= 15 is 0 Å². The van der Waals surface area contributed by atoms with Crippen LogP contribution in [0.25, 0.3) is 0 Å². The van der Waals surface area contributed by atoms with Gasteiger partial charge >= 0.3 is 6.18 Å². The molecule has 0 fully saturated rings. The number of benzene rings is 2. The van der Waals surface area contributed by atoms with Crippen molar-refractivity contribution in [2.24, 2.45) is 0 Å². The van der Waals surface area contributed by atoms with E-state index in [1.165, 1.54) is 31.1 Å². The quantitative estimate of drug-likeness (QED) is 0.376. The van der Waals surface area contributed by atoms with Crippen molar-refractivity contribution >= 4 is 23.3 Å². The van der Waals surface area contributed by atoms with E-state index in [2.05, 4.69) is 5.32 Å². The van der Waals surface area contributed by atoms with Gasteiger partial charge in [0.15, 0.2) is 17.3 Å². The van der Waals surface area contributed by atoms with Crippen molar-refractivity contribution in [3.63, 3.8) is 0 Å². The molecule has 0 aliphatic carbocycles. The molecular weight excluding hydrogens is 453 g/mol. The molecule has 34 heavy (non-hydrogen) atoms. The fourth-order valence-electron chi connectivity index (χ4n) is 3.15. The first kappa shape index (κ1) is 26.7. The van der Waals surface area contributed by atoms with Gasteiger partial charge in [0, 0.05) is 18.5 Å². The van der Waals surface area contributed by atoms with Crippen LogP contribution in [0, 0.1) is 0 Å². The number of ether oxygens (including phenoxy) is 2. The molecule has 0 heterocycles. The van der Waals surface area contributed by atoms with Crippen molar-refractivity contribution in [2.45, 2.75) is 32.9 Å². The van der Waals surface area contributed by atoms with Gasteiger partial charge in [-0.15, -0.1) is 0 Å². The zero-order valence-electron chi connectivity index (χ0n) is 19.2. The van der Waals surface area contributed by atoms with Gasteiger partial charge in [0.25, 0.3) is 0 Å². The molecule has 0 aliphatic heterocycles. The topological polar surface area (TPSA) is 84.9 Å². The third kappa shape index (κ3) is 7.50. The number of Topliss-reactive ketones (excluding diaryl/α,β-unsaturated/α-hetero) is 1. The van der Waals surface area contributed by atoms with Gasteiger partial charge in [-0.2, -0.15) is 13.2 Å². The van der Waals surface area contributed by atoms with Gasteiger partial charge < -0.3 is 19.7 Å². The average molecular weight is 480 g/mol. The minimum absolute atomic E-state index is 0.0775. The Morgan fingerprint density at radius 2 is 1.76 bits per heavy atom. The highest BCUT2D eigenvalue weighted by Crippen LogP contribution is 2.34. The van der Waals surface area contributed by atoms with Crippen LogP contribution in [0.5, 0.6) is 11.5 Å². The predicted molar refractivity (Wildman–Crippen MR) is 120 cm³/mol. The summed E-state index contributed by atoms with van der Waals surface area (Å²) in [7, 11) is 1.45. The number of likely N-dealkylation sites (N-methyl/N-ethyl adjacent to an activating group) is 1. The predicted octanol–water partition coefficient (Wildman–Crippen LogP) is 4.56. The highest BCUT2D eigenvalue weighted by Gasteiger charge is 2.33. The highest BCUT2D eigenvalue weighted by molar-refractivity contribution is 5.95. The van der Waals surface area contributed by atoms with Crippen LogP contribution in [0.4, 0.5) is 18.9 Å². The lowest BCUT2D eigenvalue weighted by molar-refractivity contribution is -0.137. The van der Waals surface area contributed by atoms with Crippen LogP contribution >= 0.6 is 0 Å². The molecule has 0 spiro atoms. The number of nitrogens with zero attached hydrogens (tertiary/aromatic N) is 1. The third-order valence-corrected chi connectivity index (χ3v) is 4.94. The van der Waals surface area contributed by atoms with Crippen molar-refractivity contribution < 1.29 is 37.0 Å². The van der Waals surface area contributed by atoms with E-state index < -0.39 is 17.6 Å². The summed E-state index contributed by atoms with van der Waals surface area (Å²) in [5, 5.41) is 2.24. The number of carbonyl (C=O) groups excluding carboxylic acids is 3. The standard InChI is InChI=1S/C24H27F3N2O5/c1-4-29(15-22(31)28-19-9-6-5-8-18(19)24(25,26)27)23(32)10-7-13-34-20-12-11-17(16(2)30)14-21(20)33-3/h5-6,8-9,11-12,14H,4,7,10,13,15H2,1-3H3,(H,28,31). The summed E-state index contributed by atoms with van der Waals surface area (Å²) in [6, 6.07) is 9.44. The summed E-state index contributed by atoms with van der Waals surface area (Å²) in [5.41, 5.74) is -0.836. The molecule has 2 rings (SSSR count). The molecule has 0 unspecified atom stereocenters. The van der Waals surface area contributed by atoms with Crippen molar-refractivity contribution in [3.05, 3.63) is 53.6 Å². The molecule has 0 radical (unpaired) electrons. The van der Waals surface area contributed by atoms with E-state index in [0.717, 1.165) is 12.1 Å². The Labute approximate surface area is 195 Å². The Morgan fingerprint density at radius 1 is 1.06 bits per heavy atom. The number of amides is 2. The number of hydrogen-bond acceptors (Lipinski definition) is 5. The minimum atomic E-state index is -4.61. The molecule has 2 aromatic rings. The number of rotatable bonds is 11. The number of para-hydroxylation sites is 1. The molecule has 1 N–H and O–H groups in total. The number of ketones is 1. The van der Waals surface area contributed by atoms with E-state index in [9.17, 15) is 27.6 Å². The number of methoxy groups -OCH3 is 1. The van der Waals surface area contributed by atoms with Crippen LogP contribution in [0.3, 0.4) is 0 Å². The van der Waals surface area contributed by atoms with Crippen LogP contribution in [-0.4, -0.2) is 49.3 Å². The average Bonchev–Trinajstić information content (AvgIpc) is 2.79. The van der Waals surface area contributed by atoms with Crippen molar-refractivity contribution in [2.75, 3.05) is 32.1 Å². The third-order valence-electron chi connectivity index (χ3n) is 4.94. The summed E-state index contributed by atoms with van der Waals surface area (Å²) in [5.74, 6) is -0.344. The maximum Gasteiger partial charge on any atom is 0.418 e. The lowest BCUT2D eigenvalue weighted by Crippen LogP contribution is -2.38. The van der Waals surface area contributed by atoms with E-state index in [1.54, 1.807) is 25.1 Å². The van der Waals surface area contributed by atoms with Crippen LogP contribution in [-0.2, 0) is 15.8 Å². The minimum Gasteiger partial charge on any atom is -0.493 e. The number of anilines is 1. The Bertz CT molecular complexity index is 1020. The molecule has 10 heteroatoms. The fraction of sp³-hybridized carbons (Fsp3) is 0.375. The Balaban J connectivity index is 1.88. The van der Waals surface area contributed by atoms with Crippen molar-refractivity contribution in [1.29, 1.82) is 0 Å². The number of alkyl halides is 3. The summed E-state index contributed by atoms with van der Waals surface area (Å²) < 4.78 is 50.2. The largest absolute Gasteiger partial charge is 0.493 e. The first-order valence-electron chi connectivity index (χ1n) is 10.6. The molecule has 0 saturated heterocycles. The van der Waals surface area contributed by atoms with Crippen LogP contribution < -0.4 is 14.8 Å². The van der Waals surface area contributed by atoms with Gasteiger partial charge in [-0.1, -0.05) is 12.1 Å². The molecule has 0 atom stereocenters. The molecule has 2 amide bonds. The Hall–Kier alpha value is -3.56. The second kappa shape index (κ2) is 12.1. The molecule has 2 aromatic carbocycles. The summed E-state index contributed by atoms with van der Waals surface area (Å²) in [6.45, 7) is 3.14. The van der Waals surface area contributed by atoms with Gasteiger partial charge in [0.2, 0.25) is 11.8 Å². The molecule has 0 aliphatic rings. The molecule has 0 saturated carbocycles. The van der Waals surface area contributed by atoms with E-state index in [4.69, 9.17) is 9.47 Å². The second-order valence-electron chi connectivity index (χ2n) is 7.37. The highest BCUT2D eigenvalue weighted by atomic mass is 19.4. The van der Waals surface area contributed by atoms with Crippen LogP contribution in [0.1, 0.15) is 42.6 Å². The maximum atomic E-state index is 13.1. The SMILES string of the molecule is CCN(CC(=O)Nc1ccccc1C(F)(F)F)C(=O)CCCOc1ccc(C(C)=O)cc1OC. The second-order valence-corrected chi connectivity index (χ2v) is 7.37. The molecule has 0 aromatic heterocycles. The Morgan fingerprint density at radius 3 is 2.38 bits per heavy atom. The zero-order chi connectivity index (χ0) is 25.3. The monoisotopic (exact) mass is 480 g/mol. The Kier molecular flexibility index (Phi) is 9.47. The normalized spacial score (nSPS) is 11.0. The maximum absolute atomic E-state index is 13.1. The van der Waals surface area contributed by atoms with Gasteiger partial charge in [-0.3, -0.25) is 14.4 Å². The number of nitrogens with one attached hydrogen (secondary N) is 1. The smallest absolute Gasteiger partial charge is 0.418 e. The van der Waals surface area contributed by atoms with Crippen LogP contribution in [0.15, 0.2) is 42.5 Å². The molecular formula is C24H27F3N2O5. The summed E-state index contributed by atoms with van der Waals surface area (Å²) in [6.07, 6.45) is -4.20. The van der Waals surface area contributed by atoms with Gasteiger partial charge in [0.1, 0.15) is 0 Å². The van der Waals surface area contributed by atoms with E-state index in [1.807, 2.05) is 0 Å². The number of hydrogen-bond donors (Lipinski definition) is 1. The molecule has 184 valence electrons. The van der Waals surface area contributed by atoms with Gasteiger partial charge in [0.05, 0.1) is 31.5 Å². The molecule has 7 nitrogen and oxygen atoms in total. The van der Waals surface area contributed by atoms with E-state index in [0.29, 0.717) is 23.5 Å². The number of halogens is 3. The van der Waals surface area contributed by atoms with Crippen molar-refractivity contribution in [1.82, 2.24) is 4.90 Å². The first-order valence-corrected chi connectivity index (χ1v) is 10.6. The van der Waals surface area contributed by atoms with Gasteiger partial charge in [-0.05, 0) is 50.6 Å². The van der Waals surface area contributed by atoms with Crippen LogP contribution in [0.2, 0.25) is 0 Å². The molecule has 0 bridgehead atoms. The number of carbonyl (C=O) groups is 3. The van der Waals surface area contributed by atoms with Crippen molar-refractivity contribution in [3.8, 4) is 11.5 Å². The van der Waals surface area contributed by atoms with E-state index in [-0.39, 0.29) is 43.5 Å².